The van der Waals surface area contributed by atoms with Crippen molar-refractivity contribution in [3.8, 4) is 11.4 Å². The van der Waals surface area contributed by atoms with Crippen molar-refractivity contribution in [3.05, 3.63) is 34.6 Å². The van der Waals surface area contributed by atoms with Crippen molar-refractivity contribution in [1.29, 1.82) is 0 Å². The number of aromatic nitrogens is 3. The molecule has 5 heteroatoms. The van der Waals surface area contributed by atoms with Crippen LogP contribution in [0.25, 0.3) is 11.4 Å². The smallest absolute Gasteiger partial charge is 0.163 e. The molecule has 1 aromatic heterocycles. The molecule has 0 saturated carbocycles. The monoisotopic (exact) mass is 307 g/mol. The van der Waals surface area contributed by atoms with E-state index < -0.39 is 0 Å². The molecule has 1 N–H and O–H groups in total. The van der Waals surface area contributed by atoms with Crippen molar-refractivity contribution in [2.45, 2.75) is 19.4 Å². The number of hydrogen-bond donors (Lipinski definition) is 1. The Labute approximate surface area is 114 Å². The number of hydrogen-bond acceptors (Lipinski definition) is 3. The highest BCUT2D eigenvalue weighted by atomic mass is 79.9. The number of aliphatic hydroxyl groups is 1. The van der Waals surface area contributed by atoms with Gasteiger partial charge >= 0.3 is 0 Å². The zero-order valence-corrected chi connectivity index (χ0v) is 11.5. The van der Waals surface area contributed by atoms with E-state index in [-0.39, 0.29) is 6.61 Å². The molecule has 1 unspecified atom stereocenters. The molecule has 0 fully saturated rings. The zero-order valence-electron chi connectivity index (χ0n) is 9.88. The molecule has 18 heavy (non-hydrogen) atoms. The van der Waals surface area contributed by atoms with Gasteiger partial charge < -0.3 is 9.67 Å². The topological polar surface area (TPSA) is 50.9 Å². The number of halogens is 1. The molecule has 2 aromatic rings. The van der Waals surface area contributed by atoms with Gasteiger partial charge in [-0.05, 0) is 18.6 Å². The molecule has 1 aliphatic heterocycles. The van der Waals surface area contributed by atoms with E-state index in [4.69, 9.17) is 0 Å². The van der Waals surface area contributed by atoms with Crippen LogP contribution in [0.4, 0.5) is 0 Å². The van der Waals surface area contributed by atoms with E-state index in [0.29, 0.717) is 5.92 Å². The minimum absolute atomic E-state index is 0.234. The first-order valence-electron chi connectivity index (χ1n) is 6.07. The van der Waals surface area contributed by atoms with Gasteiger partial charge in [-0.25, -0.2) is 0 Å². The third-order valence-electron chi connectivity index (χ3n) is 3.40. The molecule has 0 bridgehead atoms. The minimum Gasteiger partial charge on any atom is -0.396 e. The Bertz CT molecular complexity index is 550. The number of benzene rings is 1. The maximum Gasteiger partial charge on any atom is 0.163 e. The fourth-order valence-corrected chi connectivity index (χ4v) is 2.62. The highest BCUT2D eigenvalue weighted by Gasteiger charge is 2.22. The molecule has 94 valence electrons. The van der Waals surface area contributed by atoms with Crippen LogP contribution in [0.1, 0.15) is 12.2 Å². The van der Waals surface area contributed by atoms with Crippen LogP contribution < -0.4 is 0 Å². The average molecular weight is 308 g/mol. The lowest BCUT2D eigenvalue weighted by Gasteiger charge is -2.22. The molecule has 4 nitrogen and oxygen atoms in total. The Morgan fingerprint density at radius 2 is 2.06 bits per heavy atom. The highest BCUT2D eigenvalue weighted by molar-refractivity contribution is 9.10. The van der Waals surface area contributed by atoms with Crippen LogP contribution in [0, 0.1) is 5.92 Å². The van der Waals surface area contributed by atoms with E-state index in [9.17, 15) is 5.11 Å². The lowest BCUT2D eigenvalue weighted by molar-refractivity contribution is 0.191. The molecule has 1 aliphatic rings. The molecule has 0 amide bonds. The van der Waals surface area contributed by atoms with Gasteiger partial charge in [-0.2, -0.15) is 0 Å². The van der Waals surface area contributed by atoms with Gasteiger partial charge in [0.15, 0.2) is 5.82 Å². The quantitative estimate of drug-likeness (QED) is 0.926. The second kappa shape index (κ2) is 4.82. The maximum atomic E-state index is 9.29. The normalized spacial score (nSPS) is 18.7. The summed E-state index contributed by atoms with van der Waals surface area (Å²) in [6.07, 6.45) is 1.89. The number of aliphatic hydroxyl groups excluding tert-OH is 1. The summed E-state index contributed by atoms with van der Waals surface area (Å²) in [5.41, 5.74) is 1.07. The largest absolute Gasteiger partial charge is 0.396 e. The first-order valence-corrected chi connectivity index (χ1v) is 6.86. The van der Waals surface area contributed by atoms with E-state index in [1.165, 1.54) is 0 Å². The third kappa shape index (κ3) is 2.08. The molecule has 1 aromatic carbocycles. The van der Waals surface area contributed by atoms with Crippen molar-refractivity contribution in [1.82, 2.24) is 14.8 Å². The van der Waals surface area contributed by atoms with Crippen LogP contribution in [-0.2, 0) is 13.0 Å². The van der Waals surface area contributed by atoms with Crippen molar-refractivity contribution >= 4 is 15.9 Å². The van der Waals surface area contributed by atoms with Crippen LogP contribution in [0.3, 0.4) is 0 Å². The highest BCUT2D eigenvalue weighted by Crippen LogP contribution is 2.26. The van der Waals surface area contributed by atoms with Crippen LogP contribution in [0.2, 0.25) is 0 Å². The Hall–Kier alpha value is -1.20. The average Bonchev–Trinajstić information content (AvgIpc) is 2.82. The second-order valence-electron chi connectivity index (χ2n) is 4.64. The SMILES string of the molecule is OCC1CCc2nnc(-c3ccc(Br)cc3)n2C1. The standard InChI is InChI=1S/C13H14BrN3O/c14-11-4-2-10(3-5-11)13-16-15-12-6-1-9(8-18)7-17(12)13/h2-5,9,18H,1,6-8H2. The van der Waals surface area contributed by atoms with Crippen LogP contribution in [0.5, 0.6) is 0 Å². The van der Waals surface area contributed by atoms with E-state index in [1.54, 1.807) is 0 Å². The van der Waals surface area contributed by atoms with Gasteiger partial charge in [-0.1, -0.05) is 28.1 Å². The zero-order chi connectivity index (χ0) is 12.5. The predicted molar refractivity (Wildman–Crippen MR) is 72.1 cm³/mol. The molecule has 1 atom stereocenters. The van der Waals surface area contributed by atoms with Crippen LogP contribution in [0.15, 0.2) is 28.7 Å². The van der Waals surface area contributed by atoms with Crippen molar-refractivity contribution in [2.24, 2.45) is 5.92 Å². The Kier molecular flexibility index (Phi) is 3.18. The first kappa shape index (κ1) is 11.9. The fraction of sp³-hybridized carbons (Fsp3) is 0.385. The number of nitrogens with zero attached hydrogens (tertiary/aromatic N) is 3. The number of aryl methyl sites for hydroxylation is 1. The number of fused-ring (bicyclic) bond motifs is 1. The maximum absolute atomic E-state index is 9.29. The summed E-state index contributed by atoms with van der Waals surface area (Å²) in [6, 6.07) is 8.07. The van der Waals surface area contributed by atoms with Crippen LogP contribution in [-0.4, -0.2) is 26.5 Å². The van der Waals surface area contributed by atoms with E-state index in [2.05, 4.69) is 30.7 Å². The Balaban J connectivity index is 1.99. The minimum atomic E-state index is 0.234. The second-order valence-corrected chi connectivity index (χ2v) is 5.56. The molecule has 0 aliphatic carbocycles. The van der Waals surface area contributed by atoms with Gasteiger partial charge in [0.2, 0.25) is 0 Å². The van der Waals surface area contributed by atoms with Gasteiger partial charge in [-0.3, -0.25) is 0 Å². The van der Waals surface area contributed by atoms with Crippen LogP contribution >= 0.6 is 15.9 Å². The number of rotatable bonds is 2. The summed E-state index contributed by atoms with van der Waals surface area (Å²) in [6.45, 7) is 1.04. The summed E-state index contributed by atoms with van der Waals surface area (Å²) in [7, 11) is 0. The lowest BCUT2D eigenvalue weighted by atomic mass is 10.00. The molecule has 0 saturated heterocycles. The lowest BCUT2D eigenvalue weighted by Crippen LogP contribution is -2.23. The summed E-state index contributed by atoms with van der Waals surface area (Å²) in [5, 5.41) is 17.8. The van der Waals surface area contributed by atoms with E-state index in [0.717, 1.165) is 41.1 Å². The van der Waals surface area contributed by atoms with Gasteiger partial charge in [0.05, 0.1) is 0 Å². The van der Waals surface area contributed by atoms with Gasteiger partial charge in [0.25, 0.3) is 0 Å². The van der Waals surface area contributed by atoms with E-state index >= 15 is 0 Å². The van der Waals surface area contributed by atoms with Crippen molar-refractivity contribution < 1.29 is 5.11 Å². The molecule has 2 heterocycles. The Morgan fingerprint density at radius 3 is 2.78 bits per heavy atom. The molecular weight excluding hydrogens is 294 g/mol. The first-order chi connectivity index (χ1) is 8.78. The molecule has 0 spiro atoms. The van der Waals surface area contributed by atoms with Gasteiger partial charge in [0, 0.05) is 35.5 Å². The fourth-order valence-electron chi connectivity index (χ4n) is 2.36. The summed E-state index contributed by atoms with van der Waals surface area (Å²) in [4.78, 5) is 0. The molecule has 3 rings (SSSR count). The predicted octanol–water partition coefficient (Wildman–Crippen LogP) is 2.26. The third-order valence-corrected chi connectivity index (χ3v) is 3.93. The summed E-state index contributed by atoms with van der Waals surface area (Å²) < 4.78 is 3.19. The molecule has 0 radical (unpaired) electrons. The summed E-state index contributed by atoms with van der Waals surface area (Å²) >= 11 is 3.43. The van der Waals surface area contributed by atoms with E-state index in [1.807, 2.05) is 24.3 Å². The summed E-state index contributed by atoms with van der Waals surface area (Å²) in [5.74, 6) is 2.25. The molecular formula is C13H14BrN3O. The van der Waals surface area contributed by atoms with Crippen molar-refractivity contribution in [2.75, 3.05) is 6.61 Å². The van der Waals surface area contributed by atoms with Gasteiger partial charge in [-0.15, -0.1) is 10.2 Å². The Morgan fingerprint density at radius 1 is 1.28 bits per heavy atom. The van der Waals surface area contributed by atoms with Crippen molar-refractivity contribution in [3.63, 3.8) is 0 Å². The van der Waals surface area contributed by atoms with Gasteiger partial charge in [0.1, 0.15) is 5.82 Å².